The number of halogens is 2. The second-order valence-corrected chi connectivity index (χ2v) is 5.24. The highest BCUT2D eigenvalue weighted by Gasteiger charge is 2.12. The number of fused-ring (bicyclic) bond motifs is 1. The molecule has 0 spiro atoms. The van der Waals surface area contributed by atoms with Crippen LogP contribution in [0.3, 0.4) is 0 Å². The van der Waals surface area contributed by atoms with Crippen molar-refractivity contribution in [3.63, 3.8) is 0 Å². The van der Waals surface area contributed by atoms with E-state index in [9.17, 15) is 0 Å². The fraction of sp³-hybridized carbons (Fsp3) is 0.200. The zero-order valence-electron chi connectivity index (χ0n) is 10.2. The average Bonchev–Trinajstić information content (AvgIpc) is 2.85. The Morgan fingerprint density at radius 1 is 1.11 bits per heavy atom. The smallest absolute Gasteiger partial charge is 0.126 e. The molecule has 0 atom stereocenters. The van der Waals surface area contributed by atoms with Gasteiger partial charge in [0.05, 0.1) is 6.61 Å². The van der Waals surface area contributed by atoms with Crippen molar-refractivity contribution in [2.24, 2.45) is 0 Å². The molecule has 0 saturated heterocycles. The Morgan fingerprint density at radius 2 is 2.00 bits per heavy atom. The van der Waals surface area contributed by atoms with E-state index in [1.807, 2.05) is 24.3 Å². The monoisotopic (exact) mass is 294 g/mol. The largest absolute Gasteiger partial charge is 0.493 e. The molecule has 0 N–H and O–H groups in total. The predicted molar refractivity (Wildman–Crippen MR) is 76.4 cm³/mol. The van der Waals surface area contributed by atoms with Crippen molar-refractivity contribution in [3.05, 3.63) is 57.6 Å². The van der Waals surface area contributed by atoms with E-state index >= 15 is 0 Å². The lowest BCUT2D eigenvalue weighted by atomic mass is 10.2. The number of benzene rings is 2. The van der Waals surface area contributed by atoms with Crippen molar-refractivity contribution in [1.29, 1.82) is 0 Å². The van der Waals surface area contributed by atoms with E-state index in [1.54, 1.807) is 12.1 Å². The fourth-order valence-corrected chi connectivity index (χ4v) is 2.50. The molecule has 0 saturated carbocycles. The molecule has 0 radical (unpaired) electrons. The first-order chi connectivity index (χ1) is 9.22. The van der Waals surface area contributed by atoms with Crippen LogP contribution < -0.4 is 9.47 Å². The Kier molecular flexibility index (Phi) is 3.54. The molecule has 0 aliphatic carbocycles. The zero-order chi connectivity index (χ0) is 13.2. The van der Waals surface area contributed by atoms with Crippen LogP contribution in [-0.2, 0) is 13.0 Å². The van der Waals surface area contributed by atoms with Gasteiger partial charge in [-0.05, 0) is 23.8 Å². The molecular weight excluding hydrogens is 283 g/mol. The first-order valence-corrected chi connectivity index (χ1v) is 6.80. The van der Waals surface area contributed by atoms with Gasteiger partial charge < -0.3 is 9.47 Å². The van der Waals surface area contributed by atoms with Crippen LogP contribution in [0.1, 0.15) is 11.1 Å². The second-order valence-electron chi connectivity index (χ2n) is 4.39. The Hall–Kier alpha value is -1.38. The molecule has 2 aromatic rings. The predicted octanol–water partition coefficient (Wildman–Crippen LogP) is 4.51. The molecule has 0 amide bonds. The van der Waals surface area contributed by atoms with Gasteiger partial charge in [-0.3, -0.25) is 0 Å². The summed E-state index contributed by atoms with van der Waals surface area (Å²) in [6.45, 7) is 1.16. The summed E-state index contributed by atoms with van der Waals surface area (Å²) in [4.78, 5) is 0. The molecule has 0 bridgehead atoms. The Labute approximate surface area is 121 Å². The Balaban J connectivity index is 1.72. The van der Waals surface area contributed by atoms with Crippen molar-refractivity contribution < 1.29 is 9.47 Å². The standard InChI is InChI=1S/C15H12Cl2O2/c16-12-3-1-11(14(17)7-12)9-19-13-4-2-10-5-6-18-15(10)8-13/h1-4,7-8H,5-6,9H2. The van der Waals surface area contributed by atoms with Gasteiger partial charge in [-0.25, -0.2) is 0 Å². The third-order valence-corrected chi connectivity index (χ3v) is 3.66. The number of ether oxygens (including phenoxy) is 2. The molecule has 1 aliphatic rings. The van der Waals surface area contributed by atoms with E-state index in [1.165, 1.54) is 5.56 Å². The van der Waals surface area contributed by atoms with E-state index in [0.717, 1.165) is 30.1 Å². The van der Waals surface area contributed by atoms with E-state index in [0.29, 0.717) is 16.7 Å². The molecule has 0 unspecified atom stereocenters. The number of hydrogen-bond donors (Lipinski definition) is 0. The molecule has 19 heavy (non-hydrogen) atoms. The van der Waals surface area contributed by atoms with Crippen LogP contribution in [0.5, 0.6) is 11.5 Å². The summed E-state index contributed by atoms with van der Waals surface area (Å²) in [7, 11) is 0. The lowest BCUT2D eigenvalue weighted by Gasteiger charge is -2.09. The molecule has 2 nitrogen and oxygen atoms in total. The van der Waals surface area contributed by atoms with E-state index < -0.39 is 0 Å². The highest BCUT2D eigenvalue weighted by atomic mass is 35.5. The van der Waals surface area contributed by atoms with Gasteiger partial charge >= 0.3 is 0 Å². The molecule has 0 fully saturated rings. The first kappa shape index (κ1) is 12.6. The minimum absolute atomic E-state index is 0.411. The fourth-order valence-electron chi connectivity index (χ4n) is 2.04. The van der Waals surface area contributed by atoms with Crippen molar-refractivity contribution in [1.82, 2.24) is 0 Å². The van der Waals surface area contributed by atoms with Gasteiger partial charge in [-0.1, -0.05) is 35.3 Å². The number of hydrogen-bond acceptors (Lipinski definition) is 2. The van der Waals surface area contributed by atoms with Gasteiger partial charge in [0, 0.05) is 28.1 Å². The van der Waals surface area contributed by atoms with Gasteiger partial charge in [-0.2, -0.15) is 0 Å². The Morgan fingerprint density at radius 3 is 2.84 bits per heavy atom. The summed E-state index contributed by atoms with van der Waals surface area (Å²) in [6.07, 6.45) is 0.971. The molecule has 1 aliphatic heterocycles. The normalized spacial score (nSPS) is 12.9. The van der Waals surface area contributed by atoms with Gasteiger partial charge in [0.25, 0.3) is 0 Å². The van der Waals surface area contributed by atoms with E-state index in [4.69, 9.17) is 32.7 Å². The highest BCUT2D eigenvalue weighted by molar-refractivity contribution is 6.35. The maximum atomic E-state index is 6.10. The molecule has 0 aromatic heterocycles. The number of rotatable bonds is 3. The molecule has 98 valence electrons. The second kappa shape index (κ2) is 5.32. The van der Waals surface area contributed by atoms with Crippen molar-refractivity contribution in [3.8, 4) is 11.5 Å². The van der Waals surface area contributed by atoms with E-state index in [2.05, 4.69) is 0 Å². The van der Waals surface area contributed by atoms with Crippen molar-refractivity contribution in [2.75, 3.05) is 6.61 Å². The average molecular weight is 295 g/mol. The zero-order valence-corrected chi connectivity index (χ0v) is 11.7. The topological polar surface area (TPSA) is 18.5 Å². The van der Waals surface area contributed by atoms with Crippen LogP contribution in [0.25, 0.3) is 0 Å². The molecular formula is C15H12Cl2O2. The van der Waals surface area contributed by atoms with Gasteiger partial charge in [0.2, 0.25) is 0 Å². The van der Waals surface area contributed by atoms with Crippen LogP contribution in [-0.4, -0.2) is 6.61 Å². The van der Waals surface area contributed by atoms with Gasteiger partial charge in [-0.15, -0.1) is 0 Å². The summed E-state index contributed by atoms with van der Waals surface area (Å²) in [5.74, 6) is 1.70. The lowest BCUT2D eigenvalue weighted by molar-refractivity contribution is 0.302. The minimum atomic E-state index is 0.411. The van der Waals surface area contributed by atoms with Crippen LogP contribution in [0.15, 0.2) is 36.4 Å². The van der Waals surface area contributed by atoms with Gasteiger partial charge in [0.15, 0.2) is 0 Å². The third-order valence-electron chi connectivity index (χ3n) is 3.08. The van der Waals surface area contributed by atoms with Crippen molar-refractivity contribution >= 4 is 23.2 Å². The van der Waals surface area contributed by atoms with Crippen LogP contribution in [0.4, 0.5) is 0 Å². The lowest BCUT2D eigenvalue weighted by Crippen LogP contribution is -1.96. The summed E-state index contributed by atoms with van der Waals surface area (Å²) < 4.78 is 11.2. The van der Waals surface area contributed by atoms with Crippen molar-refractivity contribution in [2.45, 2.75) is 13.0 Å². The SMILES string of the molecule is Clc1ccc(COc2ccc3c(c2)OCC3)c(Cl)c1. The summed E-state index contributed by atoms with van der Waals surface area (Å²) in [6, 6.07) is 11.3. The quantitative estimate of drug-likeness (QED) is 0.829. The minimum Gasteiger partial charge on any atom is -0.493 e. The summed E-state index contributed by atoms with van der Waals surface area (Å²) >= 11 is 12.0. The van der Waals surface area contributed by atoms with Crippen LogP contribution >= 0.6 is 23.2 Å². The molecule has 3 rings (SSSR count). The van der Waals surface area contributed by atoms with E-state index in [-0.39, 0.29) is 0 Å². The van der Waals surface area contributed by atoms with Crippen LogP contribution in [0.2, 0.25) is 10.0 Å². The maximum absolute atomic E-state index is 6.10. The highest BCUT2D eigenvalue weighted by Crippen LogP contribution is 2.30. The molecule has 2 aromatic carbocycles. The molecule has 1 heterocycles. The first-order valence-electron chi connectivity index (χ1n) is 6.05. The third kappa shape index (κ3) is 2.80. The molecule has 4 heteroatoms. The Bertz CT molecular complexity index is 611. The summed E-state index contributed by atoms with van der Waals surface area (Å²) in [5, 5.41) is 1.24. The van der Waals surface area contributed by atoms with Crippen LogP contribution in [0, 0.1) is 0 Å². The maximum Gasteiger partial charge on any atom is 0.126 e. The summed E-state index contributed by atoms with van der Waals surface area (Å²) in [5.41, 5.74) is 2.14. The van der Waals surface area contributed by atoms with Gasteiger partial charge in [0.1, 0.15) is 18.1 Å².